The molecule has 0 fully saturated rings. The van der Waals surface area contributed by atoms with E-state index in [0.29, 0.717) is 0 Å². The van der Waals surface area contributed by atoms with Gasteiger partial charge in [0.05, 0.1) is 6.67 Å². The maximum Gasteiger partial charge on any atom is 0.272 e. The Morgan fingerprint density at radius 3 is 1.32 bits per heavy atom. The van der Waals surface area contributed by atoms with Gasteiger partial charge in [0, 0.05) is 0 Å². The van der Waals surface area contributed by atoms with Crippen molar-refractivity contribution in [1.82, 2.24) is 0 Å². The fourth-order valence-corrected chi connectivity index (χ4v) is 1.63. The van der Waals surface area contributed by atoms with E-state index in [0.717, 1.165) is 0 Å². The van der Waals surface area contributed by atoms with Crippen molar-refractivity contribution in [3.05, 3.63) is 0 Å². The van der Waals surface area contributed by atoms with E-state index >= 15 is 0 Å². The number of alkyl halides is 10. The maximum atomic E-state index is 13.2. The van der Waals surface area contributed by atoms with Gasteiger partial charge < -0.3 is 0 Å². The van der Waals surface area contributed by atoms with Gasteiger partial charge in [-0.25, -0.2) is 39.5 Å². The van der Waals surface area contributed by atoms with Crippen LogP contribution in [-0.4, -0.2) is 56.3 Å². The van der Waals surface area contributed by atoms with Crippen molar-refractivity contribution in [1.29, 1.82) is 0 Å². The molecule has 0 heterocycles. The number of hydrogen-bond donors (Lipinski definition) is 0. The minimum Gasteiger partial charge on any atom is -0.251 e. The van der Waals surface area contributed by atoms with Crippen LogP contribution < -0.4 is 0 Å². The first-order valence-electron chi connectivity index (χ1n) is 6.47. The van der Waals surface area contributed by atoms with Crippen molar-refractivity contribution in [2.45, 2.75) is 68.9 Å². The van der Waals surface area contributed by atoms with Crippen LogP contribution in [0.1, 0.15) is 19.3 Å². The summed E-state index contributed by atoms with van der Waals surface area (Å²) >= 11 is 0. The molecule has 0 aromatic carbocycles. The average Bonchev–Trinajstić information content (AvgIpc) is 2.50. The van der Waals surface area contributed by atoms with Crippen molar-refractivity contribution in [2.24, 2.45) is 0 Å². The first-order chi connectivity index (χ1) is 10.1. The van der Waals surface area contributed by atoms with Gasteiger partial charge in [-0.2, -0.15) is 0 Å². The molecule has 0 radical (unpaired) electrons. The maximum absolute atomic E-state index is 13.2. The normalized spacial score (nSPS) is 22.0. The molecule has 0 aliphatic carbocycles. The molecule has 0 N–H and O–H groups in total. The van der Waals surface area contributed by atoms with Crippen LogP contribution in [0.2, 0.25) is 0 Å². The van der Waals surface area contributed by atoms with Gasteiger partial charge in [-0.05, 0) is 19.3 Å². The second kappa shape index (κ2) is 10.1. The SMILES string of the molecule is FCCCCC(F)C(F)C(F)C(F)C(F)C(F)C(F)C(F)F. The zero-order valence-corrected chi connectivity index (χ0v) is 11.2. The van der Waals surface area contributed by atoms with Crippen molar-refractivity contribution in [2.75, 3.05) is 6.67 Å². The predicted molar refractivity (Wildman–Crippen MR) is 60.1 cm³/mol. The molecule has 0 aliphatic heterocycles. The van der Waals surface area contributed by atoms with Crippen LogP contribution in [0.5, 0.6) is 0 Å². The molecule has 10 heteroatoms. The molecule has 0 bridgehead atoms. The van der Waals surface area contributed by atoms with Gasteiger partial charge in [0.25, 0.3) is 6.43 Å². The van der Waals surface area contributed by atoms with Crippen LogP contribution >= 0.6 is 0 Å². The number of rotatable bonds is 11. The third kappa shape index (κ3) is 6.20. The molecule has 0 nitrogen and oxygen atoms in total. The summed E-state index contributed by atoms with van der Waals surface area (Å²) in [6.45, 7) is -0.837. The summed E-state index contributed by atoms with van der Waals surface area (Å²) in [7, 11) is 0. The lowest BCUT2D eigenvalue weighted by Gasteiger charge is -2.25. The van der Waals surface area contributed by atoms with E-state index in [-0.39, 0.29) is 12.8 Å². The van der Waals surface area contributed by atoms with Crippen LogP contribution in [0.25, 0.3) is 0 Å². The number of hydrogen-bond acceptors (Lipinski definition) is 0. The van der Waals surface area contributed by atoms with Crippen molar-refractivity contribution < 1.29 is 43.9 Å². The standard InChI is InChI=1S/C12H16F10/c13-4-2-1-3-5(14)6(15)7(16)8(17)9(18)10(19)11(20)12(21)22/h5-12H,1-4H2. The highest BCUT2D eigenvalue weighted by Crippen LogP contribution is 2.28. The molecule has 0 amide bonds. The van der Waals surface area contributed by atoms with Gasteiger partial charge in [0.2, 0.25) is 0 Å². The third-order valence-electron chi connectivity index (χ3n) is 2.97. The summed E-state index contributed by atoms with van der Waals surface area (Å²) in [5, 5.41) is 0. The Labute approximate surface area is 120 Å². The van der Waals surface area contributed by atoms with E-state index in [4.69, 9.17) is 0 Å². The summed E-state index contributed by atoms with van der Waals surface area (Å²) < 4.78 is 127. The van der Waals surface area contributed by atoms with E-state index in [1.165, 1.54) is 0 Å². The van der Waals surface area contributed by atoms with Crippen LogP contribution in [0, 0.1) is 0 Å². The Kier molecular flexibility index (Phi) is 9.82. The fourth-order valence-electron chi connectivity index (χ4n) is 1.63. The van der Waals surface area contributed by atoms with Crippen molar-refractivity contribution >= 4 is 0 Å². The predicted octanol–water partition coefficient (Wildman–Crippen LogP) is 4.76. The fraction of sp³-hybridized carbons (Fsp3) is 1.00. The van der Waals surface area contributed by atoms with Gasteiger partial charge in [0.15, 0.2) is 37.0 Å². The van der Waals surface area contributed by atoms with Gasteiger partial charge in [-0.3, -0.25) is 4.39 Å². The molecule has 0 spiro atoms. The summed E-state index contributed by atoms with van der Waals surface area (Å²) in [4.78, 5) is 0. The Hall–Kier alpha value is -0.700. The minimum atomic E-state index is -3.98. The van der Waals surface area contributed by atoms with Crippen LogP contribution in [0.15, 0.2) is 0 Å². The molecule has 134 valence electrons. The largest absolute Gasteiger partial charge is 0.272 e. The van der Waals surface area contributed by atoms with Crippen LogP contribution in [-0.2, 0) is 0 Å². The Morgan fingerprint density at radius 1 is 0.500 bits per heavy atom. The molecule has 0 aromatic heterocycles. The van der Waals surface area contributed by atoms with E-state index < -0.39 is 62.7 Å². The second-order valence-electron chi connectivity index (χ2n) is 4.70. The summed E-state index contributed by atoms with van der Waals surface area (Å²) in [6.07, 6.45) is -29.1. The monoisotopic (exact) mass is 350 g/mol. The number of unbranched alkanes of at least 4 members (excludes halogenated alkanes) is 1. The lowest BCUT2D eigenvalue weighted by molar-refractivity contribution is -0.0656. The molecule has 0 rings (SSSR count). The first kappa shape index (κ1) is 21.3. The lowest BCUT2D eigenvalue weighted by Crippen LogP contribution is -2.46. The molecule has 7 unspecified atom stereocenters. The summed E-state index contributed by atoms with van der Waals surface area (Å²) in [5.74, 6) is 0. The van der Waals surface area contributed by atoms with E-state index in [9.17, 15) is 43.9 Å². The molecular formula is C12H16F10. The van der Waals surface area contributed by atoms with Crippen LogP contribution in [0.3, 0.4) is 0 Å². The minimum absolute atomic E-state index is 0.153. The third-order valence-corrected chi connectivity index (χ3v) is 2.97. The quantitative estimate of drug-likeness (QED) is 0.372. The summed E-state index contributed by atoms with van der Waals surface area (Å²) in [6, 6.07) is 0. The van der Waals surface area contributed by atoms with E-state index in [1.54, 1.807) is 0 Å². The Balaban J connectivity index is 4.58. The Bertz CT molecular complexity index is 289. The zero-order chi connectivity index (χ0) is 17.4. The molecular weight excluding hydrogens is 334 g/mol. The highest BCUT2D eigenvalue weighted by atomic mass is 19.3. The first-order valence-corrected chi connectivity index (χ1v) is 6.47. The van der Waals surface area contributed by atoms with E-state index in [1.807, 2.05) is 0 Å². The van der Waals surface area contributed by atoms with Gasteiger partial charge >= 0.3 is 0 Å². The van der Waals surface area contributed by atoms with Crippen molar-refractivity contribution in [3.8, 4) is 0 Å². The molecule has 7 atom stereocenters. The zero-order valence-electron chi connectivity index (χ0n) is 11.2. The van der Waals surface area contributed by atoms with Gasteiger partial charge in [-0.15, -0.1) is 0 Å². The molecule has 0 aliphatic rings. The lowest BCUT2D eigenvalue weighted by atomic mass is 9.98. The average molecular weight is 350 g/mol. The van der Waals surface area contributed by atoms with Gasteiger partial charge in [-0.1, -0.05) is 0 Å². The topological polar surface area (TPSA) is 0 Å². The smallest absolute Gasteiger partial charge is 0.251 e. The molecule has 0 saturated carbocycles. The molecule has 0 saturated heterocycles. The number of halogens is 10. The second-order valence-corrected chi connectivity index (χ2v) is 4.70. The molecule has 22 heavy (non-hydrogen) atoms. The Morgan fingerprint density at radius 2 is 0.909 bits per heavy atom. The highest BCUT2D eigenvalue weighted by molar-refractivity contribution is 4.91. The van der Waals surface area contributed by atoms with Gasteiger partial charge in [0.1, 0.15) is 6.17 Å². The highest BCUT2D eigenvalue weighted by Gasteiger charge is 2.47. The summed E-state index contributed by atoms with van der Waals surface area (Å²) in [5.41, 5.74) is 0. The molecule has 0 aromatic rings. The van der Waals surface area contributed by atoms with Crippen molar-refractivity contribution in [3.63, 3.8) is 0 Å². The van der Waals surface area contributed by atoms with Crippen LogP contribution in [0.4, 0.5) is 43.9 Å². The van der Waals surface area contributed by atoms with E-state index in [2.05, 4.69) is 0 Å².